The van der Waals surface area contributed by atoms with Crippen molar-refractivity contribution in [3.8, 4) is 0 Å². The largest absolute Gasteiger partial charge is 1.00 e. The van der Waals surface area contributed by atoms with Gasteiger partial charge in [-0.1, -0.05) is 0 Å². The van der Waals surface area contributed by atoms with E-state index in [1.165, 1.54) is 0 Å². The molecule has 7 heavy (non-hydrogen) atoms. The maximum Gasteiger partial charge on any atom is 1.00 e. The quantitative estimate of drug-likeness (QED) is 0.335. The Labute approximate surface area is 77.3 Å². The summed E-state index contributed by atoms with van der Waals surface area (Å²) in [5.41, 5.74) is 0. The van der Waals surface area contributed by atoms with Gasteiger partial charge in [0.15, 0.2) is 0 Å². The topological polar surface area (TPSA) is 34.1 Å². The van der Waals surface area contributed by atoms with Crippen LogP contribution >= 0.6 is 21.4 Å². The normalized spacial score (nSPS) is 8.29. The second kappa shape index (κ2) is 5.88. The summed E-state index contributed by atoms with van der Waals surface area (Å²) in [6.45, 7) is 0. The molecule has 0 aliphatic heterocycles. The van der Waals surface area contributed by atoms with Gasteiger partial charge in [-0.3, -0.25) is 0 Å². The molecule has 0 atom stereocenters. The van der Waals surface area contributed by atoms with Gasteiger partial charge in [-0.05, 0) is 0 Å². The van der Waals surface area contributed by atoms with E-state index in [1.807, 2.05) is 0 Å². The number of hydrogen-bond donors (Lipinski definition) is 0. The van der Waals surface area contributed by atoms with Crippen molar-refractivity contribution in [2.24, 2.45) is 0 Å². The Morgan fingerprint density at radius 1 is 1.29 bits per heavy atom. The van der Waals surface area contributed by atoms with Crippen molar-refractivity contribution >= 4 is 29.6 Å². The van der Waals surface area contributed by atoms with E-state index in [9.17, 15) is 0 Å². The Balaban J connectivity index is -0.0000000267. The standard InChI is InChI=1S/Cl2O2S.Li.Zn.H/c1-5(2,3)4;;;/q;+1;;-1. The van der Waals surface area contributed by atoms with Gasteiger partial charge in [-0.25, -0.2) is 0 Å². The molecule has 36 valence electrons. The van der Waals surface area contributed by atoms with Crippen molar-refractivity contribution < 1.29 is 48.2 Å². The Hall–Kier alpha value is 1.75. The van der Waals surface area contributed by atoms with Crippen molar-refractivity contribution in [2.75, 3.05) is 0 Å². The molecule has 0 N–H and O–H groups in total. The molecule has 0 heterocycles. The monoisotopic (exact) mass is 206 g/mol. The molecule has 7 heteroatoms. The number of halogens is 2. The van der Waals surface area contributed by atoms with Crippen LogP contribution < -0.4 is 18.9 Å². The molecule has 0 unspecified atom stereocenters. The van der Waals surface area contributed by atoms with Crippen LogP contribution in [-0.4, -0.2) is 8.42 Å². The SMILES string of the molecule is O=S(=O)(Cl)Cl.[H-].[Li+].[Zn]. The van der Waals surface area contributed by atoms with Crippen LogP contribution in [0.2, 0.25) is 0 Å². The predicted octanol–water partition coefficient (Wildman–Crippen LogP) is -2.18. The third-order valence-corrected chi connectivity index (χ3v) is 0. The van der Waals surface area contributed by atoms with E-state index in [0.717, 1.165) is 0 Å². The summed E-state index contributed by atoms with van der Waals surface area (Å²) >= 11 is 0. The van der Waals surface area contributed by atoms with Crippen LogP contribution in [0.5, 0.6) is 0 Å². The third-order valence-electron chi connectivity index (χ3n) is 0. The number of rotatable bonds is 0. The maximum atomic E-state index is 9.16. The maximum absolute atomic E-state index is 9.16. The van der Waals surface area contributed by atoms with Gasteiger partial charge in [0.1, 0.15) is 0 Å². The molecule has 0 saturated heterocycles. The predicted molar refractivity (Wildman–Crippen MR) is 21.7 cm³/mol. The van der Waals surface area contributed by atoms with E-state index < -0.39 is 8.26 Å². The fourth-order valence-electron chi connectivity index (χ4n) is 0. The summed E-state index contributed by atoms with van der Waals surface area (Å²) in [6, 6.07) is 0. The second-order valence-electron chi connectivity index (χ2n) is 0.378. The summed E-state index contributed by atoms with van der Waals surface area (Å²) in [4.78, 5) is 0. The average molecular weight is 208 g/mol. The molecule has 0 spiro atoms. The zero-order valence-electron chi connectivity index (χ0n) is 4.69. The van der Waals surface area contributed by atoms with E-state index >= 15 is 0 Å². The summed E-state index contributed by atoms with van der Waals surface area (Å²) in [5, 5.41) is 0. The first-order chi connectivity index (χ1) is 2.00. The fraction of sp³-hybridized carbons (Fsp3) is 0. The van der Waals surface area contributed by atoms with E-state index in [0.29, 0.717) is 0 Å². The third kappa shape index (κ3) is 83.6. The van der Waals surface area contributed by atoms with Gasteiger partial charge in [0.05, 0.1) is 0 Å². The van der Waals surface area contributed by atoms with Crippen molar-refractivity contribution in [3.63, 3.8) is 0 Å². The molecule has 0 rings (SSSR count). The van der Waals surface area contributed by atoms with Gasteiger partial charge >= 0.3 is 27.1 Å². The smallest absolute Gasteiger partial charge is 1.00 e. The first-order valence-electron chi connectivity index (χ1n) is 0.642. The van der Waals surface area contributed by atoms with Crippen molar-refractivity contribution in [1.29, 1.82) is 0 Å². The van der Waals surface area contributed by atoms with Gasteiger partial charge in [-0.15, -0.1) is 0 Å². The van der Waals surface area contributed by atoms with Crippen LogP contribution in [0.1, 0.15) is 1.43 Å². The molecule has 0 radical (unpaired) electrons. The van der Waals surface area contributed by atoms with Crippen molar-refractivity contribution in [3.05, 3.63) is 0 Å². The van der Waals surface area contributed by atoms with Crippen LogP contribution in [0.4, 0.5) is 0 Å². The van der Waals surface area contributed by atoms with Gasteiger partial charge < -0.3 is 1.43 Å². The average Bonchev–Trinajstić information content (AvgIpc) is 0.722. The molecule has 0 aliphatic carbocycles. The Morgan fingerprint density at radius 2 is 1.29 bits per heavy atom. The van der Waals surface area contributed by atoms with E-state index in [2.05, 4.69) is 21.4 Å². The molecule has 0 aromatic carbocycles. The van der Waals surface area contributed by atoms with Gasteiger partial charge in [0.25, 0.3) is 0 Å². The minimum atomic E-state index is -3.72. The molecular weight excluding hydrogens is 207 g/mol. The molecule has 0 fully saturated rings. The van der Waals surface area contributed by atoms with Gasteiger partial charge in [0.2, 0.25) is 0 Å². The molecule has 0 bridgehead atoms. The Kier molecular flexibility index (Phi) is 13.4. The molecule has 0 aromatic rings. The van der Waals surface area contributed by atoms with Crippen LogP contribution in [0.15, 0.2) is 0 Å². The van der Waals surface area contributed by atoms with Gasteiger partial charge in [-0.2, -0.15) is 8.42 Å². The molecular formula is HCl2LiO2SZn. The fourth-order valence-corrected chi connectivity index (χ4v) is 0. The van der Waals surface area contributed by atoms with Crippen molar-refractivity contribution in [2.45, 2.75) is 0 Å². The second-order valence-corrected chi connectivity index (χ2v) is 4.05. The zero-order valence-corrected chi connectivity index (χ0v) is 8.98. The number of hydrogen-bond acceptors (Lipinski definition) is 2. The zero-order chi connectivity index (χ0) is 4.50. The molecule has 0 aliphatic rings. The molecule has 0 aromatic heterocycles. The van der Waals surface area contributed by atoms with Crippen LogP contribution in [-0.2, 0) is 27.7 Å². The molecule has 2 nitrogen and oxygen atoms in total. The van der Waals surface area contributed by atoms with Crippen molar-refractivity contribution in [1.82, 2.24) is 0 Å². The summed E-state index contributed by atoms with van der Waals surface area (Å²) < 4.78 is 18.3. The first kappa shape index (κ1) is 15.9. The first-order valence-corrected chi connectivity index (χ1v) is 3.78. The van der Waals surface area contributed by atoms with E-state index in [1.54, 1.807) is 0 Å². The molecule has 0 amide bonds. The summed E-state index contributed by atoms with van der Waals surface area (Å²) in [5.74, 6) is 0. The van der Waals surface area contributed by atoms with Crippen LogP contribution in [0.3, 0.4) is 0 Å². The Bertz CT molecular complexity index is 103. The van der Waals surface area contributed by atoms with E-state index in [4.69, 9.17) is 8.42 Å². The van der Waals surface area contributed by atoms with Crippen LogP contribution in [0.25, 0.3) is 0 Å². The Morgan fingerprint density at radius 3 is 1.29 bits per heavy atom. The minimum absolute atomic E-state index is 0. The van der Waals surface area contributed by atoms with Crippen LogP contribution in [0, 0.1) is 0 Å². The molecule has 0 saturated carbocycles. The van der Waals surface area contributed by atoms with Gasteiger partial charge in [0, 0.05) is 40.8 Å². The summed E-state index contributed by atoms with van der Waals surface area (Å²) in [6.07, 6.45) is 0. The van der Waals surface area contributed by atoms with E-state index in [-0.39, 0.29) is 39.8 Å². The minimum Gasteiger partial charge on any atom is -1.00 e. The summed E-state index contributed by atoms with van der Waals surface area (Å²) in [7, 11) is 4.81.